The molecule has 204 valence electrons. The molecule has 3 N–H and O–H groups in total. The van der Waals surface area contributed by atoms with E-state index in [1.165, 1.54) is 13.2 Å². The van der Waals surface area contributed by atoms with Crippen molar-refractivity contribution in [1.29, 1.82) is 0 Å². The average Bonchev–Trinajstić information content (AvgIpc) is 3.36. The van der Waals surface area contributed by atoms with Gasteiger partial charge in [0.05, 0.1) is 32.3 Å². The summed E-state index contributed by atoms with van der Waals surface area (Å²) in [7, 11) is 2.89. The number of aromatic hydroxyl groups is 1. The Morgan fingerprint density at radius 1 is 1.10 bits per heavy atom. The van der Waals surface area contributed by atoms with Gasteiger partial charge in [0.1, 0.15) is 23.4 Å². The topological polar surface area (TPSA) is 132 Å². The molecule has 39 heavy (non-hydrogen) atoms. The largest absolute Gasteiger partial charge is 0.502 e. The lowest BCUT2D eigenvalue weighted by molar-refractivity contribution is -0.142. The Hall–Kier alpha value is -4.24. The van der Waals surface area contributed by atoms with Crippen LogP contribution in [-0.4, -0.2) is 48.4 Å². The number of aliphatic carboxylic acids is 1. The summed E-state index contributed by atoms with van der Waals surface area (Å²) in [4.78, 5) is 23.4. The van der Waals surface area contributed by atoms with Crippen LogP contribution in [0.5, 0.6) is 28.7 Å². The normalized spacial score (nSPS) is 24.8. The molecule has 1 aliphatic heterocycles. The van der Waals surface area contributed by atoms with Crippen LogP contribution in [0.1, 0.15) is 41.9 Å². The van der Waals surface area contributed by atoms with Crippen LogP contribution in [-0.2, 0) is 20.8 Å². The highest BCUT2D eigenvalue weighted by Crippen LogP contribution is 2.71. The minimum Gasteiger partial charge on any atom is -0.502 e. The number of carbonyl (C=O) groups excluding carboxylic acids is 1. The number of phenolic OH excluding ortho intramolecular Hbond substituents is 1. The number of phenols is 1. The molecule has 3 aromatic rings. The molecule has 1 heterocycles. The van der Waals surface area contributed by atoms with Crippen LogP contribution >= 0.6 is 0 Å². The van der Waals surface area contributed by atoms with Crippen LogP contribution < -0.4 is 18.9 Å². The van der Waals surface area contributed by atoms with Crippen LogP contribution in [0, 0.1) is 5.92 Å². The van der Waals surface area contributed by atoms with Crippen molar-refractivity contribution in [3.05, 3.63) is 77.4 Å². The van der Waals surface area contributed by atoms with Crippen molar-refractivity contribution in [2.24, 2.45) is 5.92 Å². The van der Waals surface area contributed by atoms with E-state index in [0.29, 0.717) is 29.7 Å². The van der Waals surface area contributed by atoms with Gasteiger partial charge >= 0.3 is 5.97 Å². The van der Waals surface area contributed by atoms with E-state index < -0.39 is 29.0 Å². The van der Waals surface area contributed by atoms with Crippen LogP contribution in [0.25, 0.3) is 0 Å². The summed E-state index contributed by atoms with van der Waals surface area (Å²) in [6.45, 7) is 0.163. The summed E-state index contributed by atoms with van der Waals surface area (Å²) in [6, 6.07) is 17.5. The first-order valence-electron chi connectivity index (χ1n) is 12.7. The first-order chi connectivity index (χ1) is 18.8. The fourth-order valence-corrected chi connectivity index (χ4v) is 6.14. The summed E-state index contributed by atoms with van der Waals surface area (Å²) >= 11 is 0. The fourth-order valence-electron chi connectivity index (χ4n) is 6.14. The summed E-state index contributed by atoms with van der Waals surface area (Å²) in [5, 5.41) is 34.1. The molecule has 1 saturated carbocycles. The van der Waals surface area contributed by atoms with Gasteiger partial charge in [-0.15, -0.1) is 0 Å². The number of benzene rings is 3. The summed E-state index contributed by atoms with van der Waals surface area (Å²) in [6.07, 6.45) is 1.33. The van der Waals surface area contributed by atoms with Crippen LogP contribution in [0.4, 0.5) is 0 Å². The number of carbonyl (C=O) groups is 2. The molecule has 0 radical (unpaired) electrons. The molecule has 0 bridgehead atoms. The Morgan fingerprint density at radius 3 is 2.44 bits per heavy atom. The molecular formula is C30H30O9. The van der Waals surface area contributed by atoms with Gasteiger partial charge in [-0.2, -0.15) is 0 Å². The molecule has 0 saturated heterocycles. The van der Waals surface area contributed by atoms with Gasteiger partial charge in [0.15, 0.2) is 17.1 Å². The van der Waals surface area contributed by atoms with Crippen LogP contribution in [0.15, 0.2) is 60.7 Å². The highest BCUT2D eigenvalue weighted by molar-refractivity contribution is 5.76. The highest BCUT2D eigenvalue weighted by atomic mass is 16.5. The number of aldehydes is 1. The Kier molecular flexibility index (Phi) is 6.86. The van der Waals surface area contributed by atoms with Crippen molar-refractivity contribution < 1.29 is 43.9 Å². The standard InChI is InChI=1S/C30H30O9/c1-36-20-12-10-19(11-13-20)30-24(18-8-4-3-5-9-18)21(28(33)34)17-29(30,35)25-22(39-30)16-23(26(32)27(25)37-2)38-15-7-6-14-31/h3-5,8-14,16,21,24,32,35H,6-7,15,17H2,1-2H3,(H,33,34). The summed E-state index contributed by atoms with van der Waals surface area (Å²) in [5.41, 5.74) is -2.13. The van der Waals surface area contributed by atoms with E-state index >= 15 is 0 Å². The van der Waals surface area contributed by atoms with Gasteiger partial charge in [-0.05, 0) is 36.1 Å². The molecule has 1 aliphatic carbocycles. The summed E-state index contributed by atoms with van der Waals surface area (Å²) in [5.74, 6) is -2.48. The van der Waals surface area contributed by atoms with Gasteiger partial charge in [-0.1, -0.05) is 42.5 Å². The predicted octanol–water partition coefficient (Wildman–Crippen LogP) is 4.13. The first kappa shape index (κ1) is 26.4. The van der Waals surface area contributed by atoms with Gasteiger partial charge < -0.3 is 39.1 Å². The lowest BCUT2D eigenvalue weighted by atomic mass is 9.70. The Balaban J connectivity index is 1.75. The lowest BCUT2D eigenvalue weighted by Crippen LogP contribution is -2.48. The molecule has 1 fully saturated rings. The third-order valence-corrected chi connectivity index (χ3v) is 7.76. The van der Waals surface area contributed by atoms with E-state index in [-0.39, 0.29) is 41.6 Å². The van der Waals surface area contributed by atoms with Gasteiger partial charge in [0.25, 0.3) is 0 Å². The van der Waals surface area contributed by atoms with Crippen molar-refractivity contribution in [3.63, 3.8) is 0 Å². The Morgan fingerprint density at radius 2 is 1.82 bits per heavy atom. The first-order valence-corrected chi connectivity index (χ1v) is 12.7. The molecule has 9 nitrogen and oxygen atoms in total. The van der Waals surface area contributed by atoms with Gasteiger partial charge in [0.2, 0.25) is 5.75 Å². The van der Waals surface area contributed by atoms with E-state index in [9.17, 15) is 24.9 Å². The van der Waals surface area contributed by atoms with Crippen molar-refractivity contribution in [1.82, 2.24) is 0 Å². The second-order valence-electron chi connectivity index (χ2n) is 9.75. The highest BCUT2D eigenvalue weighted by Gasteiger charge is 2.74. The minimum atomic E-state index is -1.90. The third-order valence-electron chi connectivity index (χ3n) is 7.76. The van der Waals surface area contributed by atoms with Crippen molar-refractivity contribution >= 4 is 12.3 Å². The molecule has 9 heteroatoms. The van der Waals surface area contributed by atoms with Gasteiger partial charge in [-0.3, -0.25) is 4.79 Å². The summed E-state index contributed by atoms with van der Waals surface area (Å²) < 4.78 is 23.4. The molecule has 0 aromatic heterocycles. The Bertz CT molecular complexity index is 1370. The van der Waals surface area contributed by atoms with Crippen LogP contribution in [0.2, 0.25) is 0 Å². The number of carboxylic acids is 1. The maximum absolute atomic E-state index is 12.7. The van der Waals surface area contributed by atoms with E-state index in [1.807, 2.05) is 30.3 Å². The van der Waals surface area contributed by atoms with Crippen molar-refractivity contribution in [2.45, 2.75) is 36.4 Å². The molecular weight excluding hydrogens is 504 g/mol. The van der Waals surface area contributed by atoms with E-state index in [0.717, 1.165) is 6.29 Å². The maximum Gasteiger partial charge on any atom is 0.307 e. The number of rotatable bonds is 10. The second kappa shape index (κ2) is 10.1. The molecule has 3 aromatic carbocycles. The number of hydrogen-bond acceptors (Lipinski definition) is 8. The van der Waals surface area contributed by atoms with E-state index in [2.05, 4.69) is 0 Å². The monoisotopic (exact) mass is 534 g/mol. The van der Waals surface area contributed by atoms with E-state index in [4.69, 9.17) is 18.9 Å². The SMILES string of the molecule is COc1ccc(C23Oc4cc(OCCCC=O)c(O)c(OC)c4C2(O)CC(C(=O)O)C3c2ccccc2)cc1. The number of unbranched alkanes of at least 4 members (excludes halogenated alkanes) is 1. The van der Waals surface area contributed by atoms with Crippen molar-refractivity contribution in [3.8, 4) is 28.7 Å². The number of methoxy groups -OCH3 is 2. The van der Waals surface area contributed by atoms with Gasteiger partial charge in [-0.25, -0.2) is 0 Å². The molecule has 5 rings (SSSR count). The smallest absolute Gasteiger partial charge is 0.307 e. The van der Waals surface area contributed by atoms with Gasteiger partial charge in [0, 0.05) is 18.4 Å². The second-order valence-corrected chi connectivity index (χ2v) is 9.75. The number of carboxylic acid groups (broad SMARTS) is 1. The third kappa shape index (κ3) is 3.96. The number of hydrogen-bond donors (Lipinski definition) is 3. The number of aliphatic hydroxyl groups is 1. The van der Waals surface area contributed by atoms with Crippen LogP contribution in [0.3, 0.4) is 0 Å². The maximum atomic E-state index is 12.7. The average molecular weight is 535 g/mol. The number of fused-ring (bicyclic) bond motifs is 3. The Labute approximate surface area is 225 Å². The quantitative estimate of drug-likeness (QED) is 0.259. The molecule has 2 aliphatic rings. The zero-order valence-electron chi connectivity index (χ0n) is 21.6. The molecule has 4 unspecified atom stereocenters. The minimum absolute atomic E-state index is 0.0615. The number of ether oxygens (including phenoxy) is 4. The lowest BCUT2D eigenvalue weighted by Gasteiger charge is -2.40. The van der Waals surface area contributed by atoms with E-state index in [1.54, 1.807) is 31.4 Å². The molecule has 0 spiro atoms. The molecule has 0 amide bonds. The zero-order chi connectivity index (χ0) is 27.8. The molecule has 4 atom stereocenters. The predicted molar refractivity (Wildman–Crippen MR) is 140 cm³/mol. The zero-order valence-corrected chi connectivity index (χ0v) is 21.6. The fraction of sp³-hybridized carbons (Fsp3) is 0.333. The van der Waals surface area contributed by atoms with Crippen molar-refractivity contribution in [2.75, 3.05) is 20.8 Å².